The van der Waals surface area contributed by atoms with Crippen LogP contribution in [0.5, 0.6) is 0 Å². The minimum Gasteiger partial charge on any atom is -0.462 e. The number of carbonyl (C=O) groups is 1. The molecule has 3 aliphatic rings. The first-order chi connectivity index (χ1) is 14.2. The van der Waals surface area contributed by atoms with E-state index in [1.54, 1.807) is 12.3 Å². The molecule has 5 atom stereocenters. The summed E-state index contributed by atoms with van der Waals surface area (Å²) >= 11 is 0. The highest BCUT2D eigenvalue weighted by Crippen LogP contribution is 2.51. The zero-order valence-corrected chi connectivity index (χ0v) is 16.5. The molecule has 0 spiro atoms. The summed E-state index contributed by atoms with van der Waals surface area (Å²) in [6, 6.07) is 10.5. The van der Waals surface area contributed by atoms with Gasteiger partial charge in [0.05, 0.1) is 12.1 Å². The van der Waals surface area contributed by atoms with Gasteiger partial charge in [0.15, 0.2) is 0 Å². The number of hydrogen-bond acceptors (Lipinski definition) is 3. The molecule has 0 bridgehead atoms. The zero-order valence-electron chi connectivity index (χ0n) is 16.5. The average molecular weight is 391 g/mol. The minimum absolute atomic E-state index is 0.0328. The third-order valence-electron chi connectivity index (χ3n) is 7.09. The summed E-state index contributed by atoms with van der Waals surface area (Å²) in [5, 5.41) is 0. The Morgan fingerprint density at radius 3 is 2.79 bits per heavy atom. The number of halogens is 1. The summed E-state index contributed by atoms with van der Waals surface area (Å²) in [6.07, 6.45) is 13.0. The third-order valence-corrected chi connectivity index (χ3v) is 7.09. The van der Waals surface area contributed by atoms with Crippen molar-refractivity contribution in [2.24, 2.45) is 23.7 Å². The van der Waals surface area contributed by atoms with Crippen LogP contribution in [0, 0.1) is 29.5 Å². The van der Waals surface area contributed by atoms with Crippen LogP contribution in [0.4, 0.5) is 4.39 Å². The molecule has 29 heavy (non-hydrogen) atoms. The molecule has 0 amide bonds. The standard InChI is InChI=1S/C25H26FNO2/c26-19-6-3-5-16(12-19)18-8-9-20(27-15-18)10-11-22-21-7-2-1-4-17(21)13-24-23(22)14-25(28)29-24/h3,5-6,8-12,15,17,21-24H,1-2,4,7,13-14H2/b11-10+/t17?,21?,22?,23-,24+/m1/s1. The van der Waals surface area contributed by atoms with Crippen LogP contribution >= 0.6 is 0 Å². The van der Waals surface area contributed by atoms with E-state index < -0.39 is 0 Å². The van der Waals surface area contributed by atoms with Crippen LogP contribution < -0.4 is 0 Å². The first kappa shape index (κ1) is 18.5. The fourth-order valence-electron chi connectivity index (χ4n) is 5.72. The molecule has 3 unspecified atom stereocenters. The van der Waals surface area contributed by atoms with Gasteiger partial charge in [-0.3, -0.25) is 9.78 Å². The van der Waals surface area contributed by atoms with Gasteiger partial charge in [-0.2, -0.15) is 0 Å². The molecular weight excluding hydrogens is 365 g/mol. The van der Waals surface area contributed by atoms with E-state index in [0.717, 1.165) is 23.2 Å². The van der Waals surface area contributed by atoms with Gasteiger partial charge in [-0.05, 0) is 60.4 Å². The Morgan fingerprint density at radius 2 is 1.97 bits per heavy atom. The van der Waals surface area contributed by atoms with E-state index in [1.165, 1.54) is 37.8 Å². The lowest BCUT2D eigenvalue weighted by Crippen LogP contribution is -2.41. The lowest BCUT2D eigenvalue weighted by Gasteiger charge is -2.45. The molecule has 2 aromatic rings. The smallest absolute Gasteiger partial charge is 0.306 e. The Labute approximate surface area is 171 Å². The van der Waals surface area contributed by atoms with E-state index in [-0.39, 0.29) is 17.9 Å². The fourth-order valence-corrected chi connectivity index (χ4v) is 5.72. The number of ether oxygens (including phenoxy) is 1. The average Bonchev–Trinajstić information content (AvgIpc) is 3.11. The predicted molar refractivity (Wildman–Crippen MR) is 110 cm³/mol. The topological polar surface area (TPSA) is 39.2 Å². The summed E-state index contributed by atoms with van der Waals surface area (Å²) in [6.45, 7) is 0. The number of allylic oxidation sites excluding steroid dienone is 1. The van der Waals surface area contributed by atoms with E-state index >= 15 is 0 Å². The maximum atomic E-state index is 13.5. The van der Waals surface area contributed by atoms with Crippen LogP contribution in [0.15, 0.2) is 48.7 Å². The summed E-state index contributed by atoms with van der Waals surface area (Å²) in [5.41, 5.74) is 2.63. The highest BCUT2D eigenvalue weighted by atomic mass is 19.1. The number of pyridine rings is 1. The zero-order chi connectivity index (χ0) is 19.8. The molecule has 0 N–H and O–H groups in total. The van der Waals surface area contributed by atoms with Crippen molar-refractivity contribution in [3.05, 3.63) is 60.2 Å². The first-order valence-electron chi connectivity index (χ1n) is 10.8. The van der Waals surface area contributed by atoms with Crippen molar-refractivity contribution in [1.82, 2.24) is 4.98 Å². The number of fused-ring (bicyclic) bond motifs is 2. The predicted octanol–water partition coefficient (Wildman–Crippen LogP) is 5.66. The van der Waals surface area contributed by atoms with Crippen molar-refractivity contribution >= 4 is 12.0 Å². The molecule has 1 aliphatic heterocycles. The highest BCUT2D eigenvalue weighted by molar-refractivity contribution is 5.72. The number of aromatic nitrogens is 1. The van der Waals surface area contributed by atoms with Crippen molar-refractivity contribution in [3.63, 3.8) is 0 Å². The van der Waals surface area contributed by atoms with Crippen LogP contribution in [-0.2, 0) is 9.53 Å². The maximum Gasteiger partial charge on any atom is 0.306 e. The lowest BCUT2D eigenvalue weighted by atomic mass is 9.60. The van der Waals surface area contributed by atoms with E-state index in [1.807, 2.05) is 18.2 Å². The van der Waals surface area contributed by atoms with E-state index in [2.05, 4.69) is 17.1 Å². The Balaban J connectivity index is 1.37. The second kappa shape index (κ2) is 7.74. The molecule has 4 heteroatoms. The Morgan fingerprint density at radius 1 is 1.07 bits per heavy atom. The largest absolute Gasteiger partial charge is 0.462 e. The molecule has 150 valence electrons. The maximum absolute atomic E-state index is 13.5. The lowest BCUT2D eigenvalue weighted by molar-refractivity contribution is -0.143. The quantitative estimate of drug-likeness (QED) is 0.634. The Hall–Kier alpha value is -2.49. The van der Waals surface area contributed by atoms with Crippen molar-refractivity contribution in [1.29, 1.82) is 0 Å². The second-order valence-electron chi connectivity index (χ2n) is 8.76. The van der Waals surface area contributed by atoms with E-state index in [0.29, 0.717) is 30.1 Å². The second-order valence-corrected chi connectivity index (χ2v) is 8.76. The van der Waals surface area contributed by atoms with Gasteiger partial charge in [-0.25, -0.2) is 4.39 Å². The van der Waals surface area contributed by atoms with Gasteiger partial charge in [-0.1, -0.05) is 43.5 Å². The number of benzene rings is 1. The minimum atomic E-state index is -0.242. The highest BCUT2D eigenvalue weighted by Gasteiger charge is 2.49. The van der Waals surface area contributed by atoms with Crippen molar-refractivity contribution in [2.75, 3.05) is 0 Å². The van der Waals surface area contributed by atoms with Crippen molar-refractivity contribution in [2.45, 2.75) is 44.6 Å². The fraction of sp³-hybridized carbons (Fsp3) is 0.440. The van der Waals surface area contributed by atoms with Gasteiger partial charge in [-0.15, -0.1) is 0 Å². The van der Waals surface area contributed by atoms with Crippen LogP contribution in [0.25, 0.3) is 17.2 Å². The number of hydrogen-bond donors (Lipinski definition) is 0. The first-order valence-corrected chi connectivity index (χ1v) is 10.8. The Bertz CT molecular complexity index is 923. The van der Waals surface area contributed by atoms with E-state index in [4.69, 9.17) is 4.74 Å². The van der Waals surface area contributed by atoms with Gasteiger partial charge in [0.2, 0.25) is 0 Å². The van der Waals surface area contributed by atoms with Crippen LogP contribution in [0.2, 0.25) is 0 Å². The molecule has 5 rings (SSSR count). The van der Waals surface area contributed by atoms with Gasteiger partial charge in [0.25, 0.3) is 0 Å². The van der Waals surface area contributed by atoms with Crippen molar-refractivity contribution in [3.8, 4) is 11.1 Å². The Kier molecular flexibility index (Phi) is 4.94. The summed E-state index contributed by atoms with van der Waals surface area (Å²) < 4.78 is 19.1. The number of nitrogens with zero attached hydrogens (tertiary/aromatic N) is 1. The number of carbonyl (C=O) groups excluding carboxylic acids is 1. The molecule has 0 radical (unpaired) electrons. The summed E-state index contributed by atoms with van der Waals surface area (Å²) in [5.74, 6) is 1.75. The van der Waals surface area contributed by atoms with E-state index in [9.17, 15) is 9.18 Å². The number of rotatable bonds is 3. The normalized spacial score (nSPS) is 31.3. The molecule has 1 saturated heterocycles. The molecule has 3 nitrogen and oxygen atoms in total. The molecular formula is C25H26FNO2. The molecule has 1 aromatic carbocycles. The molecule has 2 saturated carbocycles. The van der Waals surface area contributed by atoms with Crippen LogP contribution in [0.1, 0.15) is 44.2 Å². The van der Waals surface area contributed by atoms with Gasteiger partial charge in [0.1, 0.15) is 11.9 Å². The molecule has 1 aromatic heterocycles. The van der Waals surface area contributed by atoms with Crippen LogP contribution in [-0.4, -0.2) is 17.1 Å². The van der Waals surface area contributed by atoms with Gasteiger partial charge in [0, 0.05) is 17.7 Å². The monoisotopic (exact) mass is 391 g/mol. The molecule has 2 heterocycles. The van der Waals surface area contributed by atoms with Crippen molar-refractivity contribution < 1.29 is 13.9 Å². The summed E-state index contributed by atoms with van der Waals surface area (Å²) in [4.78, 5) is 16.5. The molecule has 3 fully saturated rings. The SMILES string of the molecule is O=C1C[C@@H]2C(/C=C/c3ccc(-c4cccc(F)c4)cn3)C3CCCCC3C[C@@H]2O1. The number of esters is 1. The third kappa shape index (κ3) is 3.73. The van der Waals surface area contributed by atoms with Crippen LogP contribution in [0.3, 0.4) is 0 Å². The van der Waals surface area contributed by atoms with Gasteiger partial charge < -0.3 is 4.74 Å². The van der Waals surface area contributed by atoms with Gasteiger partial charge >= 0.3 is 5.97 Å². The summed E-state index contributed by atoms with van der Waals surface area (Å²) in [7, 11) is 0. The molecule has 2 aliphatic carbocycles.